The molecule has 0 heterocycles. The highest BCUT2D eigenvalue weighted by Crippen LogP contribution is 2.19. The number of hydrogen-bond acceptors (Lipinski definition) is 2. The van der Waals surface area contributed by atoms with Gasteiger partial charge in [-0.25, -0.2) is 0 Å². The Morgan fingerprint density at radius 3 is 2.81 bits per heavy atom. The standard InChI is InChI=1S/C12H10Cl2OS/c1-9(15)16-7-3-2-4-10-5-6-11(13)8-12(10)14/h5-6,8H,3,7H2,1H3. The molecule has 0 aliphatic carbocycles. The molecule has 0 aliphatic rings. The summed E-state index contributed by atoms with van der Waals surface area (Å²) in [4.78, 5) is 10.6. The summed E-state index contributed by atoms with van der Waals surface area (Å²) in [6.45, 7) is 1.55. The molecule has 0 bridgehead atoms. The number of carbonyl (C=O) groups is 1. The van der Waals surface area contributed by atoms with E-state index in [1.807, 2.05) is 0 Å². The second kappa shape index (κ2) is 6.85. The fraction of sp³-hybridized carbons (Fsp3) is 0.250. The molecule has 0 radical (unpaired) electrons. The van der Waals surface area contributed by atoms with Crippen molar-refractivity contribution in [2.24, 2.45) is 0 Å². The van der Waals surface area contributed by atoms with E-state index in [1.165, 1.54) is 11.8 Å². The van der Waals surface area contributed by atoms with Crippen LogP contribution in [0.4, 0.5) is 0 Å². The topological polar surface area (TPSA) is 17.1 Å². The van der Waals surface area contributed by atoms with Gasteiger partial charge in [0.1, 0.15) is 0 Å². The molecular weight excluding hydrogens is 263 g/mol. The minimum Gasteiger partial charge on any atom is -0.288 e. The molecule has 0 spiro atoms. The van der Waals surface area contributed by atoms with E-state index in [0.717, 1.165) is 5.56 Å². The Hall–Kier alpha value is -0.620. The first-order chi connectivity index (χ1) is 7.59. The van der Waals surface area contributed by atoms with Crippen LogP contribution in [0.3, 0.4) is 0 Å². The average Bonchev–Trinajstić information content (AvgIpc) is 2.20. The third-order valence-electron chi connectivity index (χ3n) is 1.69. The van der Waals surface area contributed by atoms with Crippen molar-refractivity contribution in [3.63, 3.8) is 0 Å². The SMILES string of the molecule is CC(=O)SCCC#Cc1ccc(Cl)cc1Cl. The first kappa shape index (κ1) is 13.4. The third-order valence-corrected chi connectivity index (χ3v) is 3.05. The molecule has 0 aromatic heterocycles. The van der Waals surface area contributed by atoms with Crippen LogP contribution in [-0.2, 0) is 4.79 Å². The summed E-state index contributed by atoms with van der Waals surface area (Å²) < 4.78 is 0. The van der Waals surface area contributed by atoms with Gasteiger partial charge in [-0.3, -0.25) is 4.79 Å². The zero-order valence-corrected chi connectivity index (χ0v) is 11.0. The monoisotopic (exact) mass is 272 g/mol. The van der Waals surface area contributed by atoms with Gasteiger partial charge in [0.15, 0.2) is 5.12 Å². The molecule has 1 nitrogen and oxygen atoms in total. The van der Waals surface area contributed by atoms with Gasteiger partial charge in [-0.2, -0.15) is 0 Å². The molecule has 0 atom stereocenters. The van der Waals surface area contributed by atoms with E-state index in [1.54, 1.807) is 25.1 Å². The number of benzene rings is 1. The molecule has 0 unspecified atom stereocenters. The van der Waals surface area contributed by atoms with Crippen molar-refractivity contribution in [1.82, 2.24) is 0 Å². The third kappa shape index (κ3) is 4.94. The van der Waals surface area contributed by atoms with Crippen LogP contribution in [0.25, 0.3) is 0 Å². The highest BCUT2D eigenvalue weighted by molar-refractivity contribution is 8.13. The predicted molar refractivity (Wildman–Crippen MR) is 71.1 cm³/mol. The summed E-state index contributed by atoms with van der Waals surface area (Å²) >= 11 is 13.0. The zero-order chi connectivity index (χ0) is 12.0. The van der Waals surface area contributed by atoms with Crippen molar-refractivity contribution in [2.45, 2.75) is 13.3 Å². The van der Waals surface area contributed by atoms with Gasteiger partial charge in [0.2, 0.25) is 0 Å². The van der Waals surface area contributed by atoms with E-state index in [0.29, 0.717) is 22.2 Å². The predicted octanol–water partition coefficient (Wildman–Crippen LogP) is 4.01. The van der Waals surface area contributed by atoms with Crippen LogP contribution in [0.5, 0.6) is 0 Å². The van der Waals surface area contributed by atoms with E-state index >= 15 is 0 Å². The van der Waals surface area contributed by atoms with Crippen molar-refractivity contribution in [3.8, 4) is 11.8 Å². The van der Waals surface area contributed by atoms with Gasteiger partial charge in [-0.05, 0) is 18.2 Å². The Kier molecular flexibility index (Phi) is 5.76. The summed E-state index contributed by atoms with van der Waals surface area (Å²) in [5.41, 5.74) is 0.763. The van der Waals surface area contributed by atoms with Gasteiger partial charge in [-0.15, -0.1) is 0 Å². The molecule has 0 fully saturated rings. The normalized spacial score (nSPS) is 9.44. The molecule has 84 valence electrons. The lowest BCUT2D eigenvalue weighted by Crippen LogP contribution is -1.84. The summed E-state index contributed by atoms with van der Waals surface area (Å²) in [6, 6.07) is 5.20. The molecule has 1 aromatic carbocycles. The second-order valence-corrected chi connectivity index (χ2v) is 5.13. The van der Waals surface area contributed by atoms with Crippen LogP contribution in [0.1, 0.15) is 18.9 Å². The minimum atomic E-state index is 0.117. The number of halogens is 2. The molecular formula is C12H10Cl2OS. The van der Waals surface area contributed by atoms with Crippen LogP contribution in [0, 0.1) is 11.8 Å². The lowest BCUT2D eigenvalue weighted by molar-refractivity contribution is -0.109. The summed E-state index contributed by atoms with van der Waals surface area (Å²) in [6.07, 6.45) is 0.670. The Labute approximate surface area is 110 Å². The van der Waals surface area contributed by atoms with Crippen LogP contribution >= 0.6 is 35.0 Å². The van der Waals surface area contributed by atoms with Crippen molar-refractivity contribution < 1.29 is 4.79 Å². The van der Waals surface area contributed by atoms with Gasteiger partial charge >= 0.3 is 0 Å². The molecule has 0 amide bonds. The van der Waals surface area contributed by atoms with Gasteiger partial charge in [0, 0.05) is 29.7 Å². The van der Waals surface area contributed by atoms with Crippen molar-refractivity contribution in [2.75, 3.05) is 5.75 Å². The lowest BCUT2D eigenvalue weighted by atomic mass is 10.2. The molecule has 16 heavy (non-hydrogen) atoms. The van der Waals surface area contributed by atoms with E-state index in [-0.39, 0.29) is 5.12 Å². The van der Waals surface area contributed by atoms with Crippen LogP contribution < -0.4 is 0 Å². The fourth-order valence-corrected chi connectivity index (χ4v) is 1.94. The maximum Gasteiger partial charge on any atom is 0.185 e. The van der Waals surface area contributed by atoms with Crippen molar-refractivity contribution in [1.29, 1.82) is 0 Å². The quantitative estimate of drug-likeness (QED) is 0.598. The smallest absolute Gasteiger partial charge is 0.185 e. The van der Waals surface area contributed by atoms with Crippen LogP contribution in [0.15, 0.2) is 18.2 Å². The second-order valence-electron chi connectivity index (χ2n) is 3.02. The first-order valence-corrected chi connectivity index (χ1v) is 6.41. The highest BCUT2D eigenvalue weighted by atomic mass is 35.5. The summed E-state index contributed by atoms with van der Waals surface area (Å²) in [5, 5.41) is 1.27. The lowest BCUT2D eigenvalue weighted by Gasteiger charge is -1.95. The molecule has 4 heteroatoms. The molecule has 0 aliphatic heterocycles. The van der Waals surface area contributed by atoms with Gasteiger partial charge in [-0.1, -0.05) is 46.8 Å². The fourth-order valence-electron chi connectivity index (χ4n) is 0.994. The van der Waals surface area contributed by atoms with E-state index in [4.69, 9.17) is 23.2 Å². The van der Waals surface area contributed by atoms with Crippen molar-refractivity contribution >= 4 is 40.1 Å². The van der Waals surface area contributed by atoms with E-state index in [2.05, 4.69) is 11.8 Å². The molecule has 1 rings (SSSR count). The van der Waals surface area contributed by atoms with Crippen molar-refractivity contribution in [3.05, 3.63) is 33.8 Å². The largest absolute Gasteiger partial charge is 0.288 e. The first-order valence-electron chi connectivity index (χ1n) is 4.67. The molecule has 0 saturated heterocycles. The summed E-state index contributed by atoms with van der Waals surface area (Å²) in [5.74, 6) is 6.63. The van der Waals surface area contributed by atoms with Gasteiger partial charge < -0.3 is 0 Å². The van der Waals surface area contributed by atoms with E-state index in [9.17, 15) is 4.79 Å². The Balaban J connectivity index is 2.53. The molecule has 0 N–H and O–H groups in total. The van der Waals surface area contributed by atoms with E-state index < -0.39 is 0 Å². The van der Waals surface area contributed by atoms with Crippen LogP contribution in [0.2, 0.25) is 10.0 Å². The number of rotatable bonds is 2. The Morgan fingerprint density at radius 2 is 2.19 bits per heavy atom. The number of hydrogen-bond donors (Lipinski definition) is 0. The Bertz CT molecular complexity index is 446. The zero-order valence-electron chi connectivity index (χ0n) is 8.72. The summed E-state index contributed by atoms with van der Waals surface area (Å²) in [7, 11) is 0. The number of thioether (sulfide) groups is 1. The molecule has 0 saturated carbocycles. The van der Waals surface area contributed by atoms with Crippen LogP contribution in [-0.4, -0.2) is 10.9 Å². The number of carbonyl (C=O) groups excluding carboxylic acids is 1. The Morgan fingerprint density at radius 1 is 1.44 bits per heavy atom. The maximum atomic E-state index is 10.6. The minimum absolute atomic E-state index is 0.117. The maximum absolute atomic E-state index is 10.6. The van der Waals surface area contributed by atoms with Gasteiger partial charge in [0.05, 0.1) is 5.02 Å². The van der Waals surface area contributed by atoms with Gasteiger partial charge in [0.25, 0.3) is 0 Å². The highest BCUT2D eigenvalue weighted by Gasteiger charge is 1.97. The average molecular weight is 273 g/mol. The molecule has 1 aromatic rings.